The Morgan fingerprint density at radius 3 is 2.85 bits per heavy atom. The van der Waals surface area contributed by atoms with Crippen molar-refractivity contribution in [3.05, 3.63) is 24.3 Å². The predicted octanol–water partition coefficient (Wildman–Crippen LogP) is 2.03. The van der Waals surface area contributed by atoms with Gasteiger partial charge in [0.15, 0.2) is 0 Å². The fourth-order valence-corrected chi connectivity index (χ4v) is 3.08. The lowest BCUT2D eigenvalue weighted by atomic mass is 9.97. The van der Waals surface area contributed by atoms with Crippen molar-refractivity contribution < 1.29 is 5.11 Å². The number of anilines is 2. The van der Waals surface area contributed by atoms with E-state index in [2.05, 4.69) is 15.3 Å². The van der Waals surface area contributed by atoms with E-state index in [1.54, 1.807) is 0 Å². The van der Waals surface area contributed by atoms with E-state index in [1.165, 1.54) is 6.42 Å². The zero-order valence-corrected chi connectivity index (χ0v) is 11.4. The molecule has 0 aliphatic heterocycles. The van der Waals surface area contributed by atoms with E-state index in [4.69, 9.17) is 5.73 Å². The molecular formula is C15H20N4O. The molecule has 1 fully saturated rings. The Morgan fingerprint density at radius 2 is 2.00 bits per heavy atom. The van der Waals surface area contributed by atoms with Gasteiger partial charge in [0.25, 0.3) is 0 Å². The standard InChI is InChI=1S/C15H20N4O/c16-15-18-13-7-2-1-6-12(13)14(19-15)17-8-10-4-3-5-11(10)9-20/h1-2,6-7,10-11,20H,3-5,8-9H2,(H3,16,17,18,19). The van der Waals surface area contributed by atoms with Crippen molar-refractivity contribution in [1.82, 2.24) is 9.97 Å². The lowest BCUT2D eigenvalue weighted by Gasteiger charge is -2.18. The number of aliphatic hydroxyl groups excluding tert-OH is 1. The zero-order chi connectivity index (χ0) is 13.9. The number of fused-ring (bicyclic) bond motifs is 1. The van der Waals surface area contributed by atoms with Crippen molar-refractivity contribution in [1.29, 1.82) is 0 Å². The average molecular weight is 272 g/mol. The van der Waals surface area contributed by atoms with Gasteiger partial charge in [-0.1, -0.05) is 18.6 Å². The van der Waals surface area contributed by atoms with Crippen LogP contribution in [0.15, 0.2) is 24.3 Å². The van der Waals surface area contributed by atoms with Crippen LogP contribution in [-0.2, 0) is 0 Å². The van der Waals surface area contributed by atoms with E-state index < -0.39 is 0 Å². The fraction of sp³-hybridized carbons (Fsp3) is 0.467. The first-order chi connectivity index (χ1) is 9.78. The second-order valence-corrected chi connectivity index (χ2v) is 5.46. The highest BCUT2D eigenvalue weighted by molar-refractivity contribution is 5.89. The first-order valence-corrected chi connectivity index (χ1v) is 7.15. The number of nitrogens with two attached hydrogens (primary N) is 1. The van der Waals surface area contributed by atoms with Crippen LogP contribution in [0.4, 0.5) is 11.8 Å². The molecule has 0 saturated heterocycles. The summed E-state index contributed by atoms with van der Waals surface area (Å²) >= 11 is 0. The van der Waals surface area contributed by atoms with Gasteiger partial charge in [0, 0.05) is 18.5 Å². The van der Waals surface area contributed by atoms with Gasteiger partial charge in [-0.3, -0.25) is 0 Å². The van der Waals surface area contributed by atoms with Crippen molar-refractivity contribution in [2.75, 3.05) is 24.2 Å². The van der Waals surface area contributed by atoms with Gasteiger partial charge in [-0.05, 0) is 36.8 Å². The van der Waals surface area contributed by atoms with E-state index in [9.17, 15) is 5.11 Å². The van der Waals surface area contributed by atoms with Crippen molar-refractivity contribution in [3.63, 3.8) is 0 Å². The minimum atomic E-state index is 0.277. The molecule has 20 heavy (non-hydrogen) atoms. The predicted molar refractivity (Wildman–Crippen MR) is 80.4 cm³/mol. The van der Waals surface area contributed by atoms with Gasteiger partial charge in [0.05, 0.1) is 5.52 Å². The van der Waals surface area contributed by atoms with Crippen LogP contribution in [0.1, 0.15) is 19.3 Å². The molecular weight excluding hydrogens is 252 g/mol. The summed E-state index contributed by atoms with van der Waals surface area (Å²) in [6.45, 7) is 1.10. The molecule has 0 bridgehead atoms. The SMILES string of the molecule is Nc1nc(NCC2CCCC2CO)c2ccccc2n1. The van der Waals surface area contributed by atoms with Crippen LogP contribution in [-0.4, -0.2) is 28.2 Å². The molecule has 2 aromatic rings. The lowest BCUT2D eigenvalue weighted by molar-refractivity contribution is 0.199. The molecule has 1 aromatic heterocycles. The Hall–Kier alpha value is -1.88. The molecule has 1 aromatic carbocycles. The summed E-state index contributed by atoms with van der Waals surface area (Å²) in [4.78, 5) is 8.54. The van der Waals surface area contributed by atoms with Crippen LogP contribution in [0.3, 0.4) is 0 Å². The van der Waals surface area contributed by atoms with Gasteiger partial charge in [0.2, 0.25) is 5.95 Å². The number of para-hydroxylation sites is 1. The number of benzene rings is 1. The smallest absolute Gasteiger partial charge is 0.222 e. The molecule has 1 heterocycles. The summed E-state index contributed by atoms with van der Waals surface area (Å²) in [6.07, 6.45) is 3.48. The van der Waals surface area contributed by atoms with Crippen LogP contribution in [0.25, 0.3) is 10.9 Å². The second kappa shape index (κ2) is 5.63. The second-order valence-electron chi connectivity index (χ2n) is 5.46. The molecule has 0 radical (unpaired) electrons. The monoisotopic (exact) mass is 272 g/mol. The molecule has 4 N–H and O–H groups in total. The average Bonchev–Trinajstić information content (AvgIpc) is 2.92. The van der Waals surface area contributed by atoms with E-state index in [0.29, 0.717) is 11.8 Å². The summed E-state index contributed by atoms with van der Waals surface area (Å²) in [5.74, 6) is 2.00. The van der Waals surface area contributed by atoms with Gasteiger partial charge in [-0.25, -0.2) is 4.98 Å². The third-order valence-electron chi connectivity index (χ3n) is 4.20. The Kier molecular flexibility index (Phi) is 3.69. The molecule has 3 rings (SSSR count). The van der Waals surface area contributed by atoms with Crippen LogP contribution < -0.4 is 11.1 Å². The summed E-state index contributed by atoms with van der Waals surface area (Å²) in [7, 11) is 0. The van der Waals surface area contributed by atoms with Crippen LogP contribution in [0, 0.1) is 11.8 Å². The molecule has 2 unspecified atom stereocenters. The van der Waals surface area contributed by atoms with Crippen molar-refractivity contribution in [3.8, 4) is 0 Å². The van der Waals surface area contributed by atoms with Gasteiger partial charge < -0.3 is 16.2 Å². The summed E-state index contributed by atoms with van der Waals surface area (Å²) in [5.41, 5.74) is 6.61. The van der Waals surface area contributed by atoms with E-state index in [1.807, 2.05) is 24.3 Å². The summed E-state index contributed by atoms with van der Waals surface area (Å²) in [5, 5.41) is 13.8. The number of hydrogen-bond acceptors (Lipinski definition) is 5. The normalized spacial score (nSPS) is 22.2. The van der Waals surface area contributed by atoms with Crippen molar-refractivity contribution in [2.24, 2.45) is 11.8 Å². The van der Waals surface area contributed by atoms with Crippen molar-refractivity contribution >= 4 is 22.7 Å². The number of aromatic nitrogens is 2. The highest BCUT2D eigenvalue weighted by Crippen LogP contribution is 2.32. The molecule has 1 aliphatic carbocycles. The van der Waals surface area contributed by atoms with Gasteiger partial charge >= 0.3 is 0 Å². The number of aliphatic hydroxyl groups is 1. The highest BCUT2D eigenvalue weighted by Gasteiger charge is 2.26. The minimum absolute atomic E-state index is 0.277. The highest BCUT2D eigenvalue weighted by atomic mass is 16.3. The number of rotatable bonds is 4. The number of hydrogen-bond donors (Lipinski definition) is 3. The first-order valence-electron chi connectivity index (χ1n) is 7.15. The Bertz CT molecular complexity index is 601. The van der Waals surface area contributed by atoms with Gasteiger partial charge in [-0.2, -0.15) is 4.98 Å². The first kappa shape index (κ1) is 13.1. The Morgan fingerprint density at radius 1 is 1.20 bits per heavy atom. The molecule has 5 nitrogen and oxygen atoms in total. The van der Waals surface area contributed by atoms with Crippen molar-refractivity contribution in [2.45, 2.75) is 19.3 Å². The van der Waals surface area contributed by atoms with Crippen LogP contribution >= 0.6 is 0 Å². The molecule has 0 spiro atoms. The molecule has 0 amide bonds. The molecule has 2 atom stereocenters. The number of nitrogen functional groups attached to an aromatic ring is 1. The fourth-order valence-electron chi connectivity index (χ4n) is 3.08. The van der Waals surface area contributed by atoms with E-state index >= 15 is 0 Å². The van der Waals surface area contributed by atoms with E-state index in [0.717, 1.165) is 36.1 Å². The molecule has 5 heteroatoms. The summed E-state index contributed by atoms with van der Waals surface area (Å²) in [6, 6.07) is 7.84. The maximum absolute atomic E-state index is 9.38. The quantitative estimate of drug-likeness (QED) is 0.793. The minimum Gasteiger partial charge on any atom is -0.396 e. The lowest BCUT2D eigenvalue weighted by Crippen LogP contribution is -2.21. The van der Waals surface area contributed by atoms with E-state index in [-0.39, 0.29) is 12.6 Å². The van der Waals surface area contributed by atoms with Crippen LogP contribution in [0.2, 0.25) is 0 Å². The molecule has 1 saturated carbocycles. The largest absolute Gasteiger partial charge is 0.396 e. The Labute approximate surface area is 118 Å². The van der Waals surface area contributed by atoms with Gasteiger partial charge in [0.1, 0.15) is 5.82 Å². The maximum atomic E-state index is 9.38. The third-order valence-corrected chi connectivity index (χ3v) is 4.20. The third kappa shape index (κ3) is 2.54. The zero-order valence-electron chi connectivity index (χ0n) is 11.4. The van der Waals surface area contributed by atoms with Crippen LogP contribution in [0.5, 0.6) is 0 Å². The van der Waals surface area contributed by atoms with Gasteiger partial charge in [-0.15, -0.1) is 0 Å². The number of nitrogens with one attached hydrogen (secondary N) is 1. The Balaban J connectivity index is 1.80. The molecule has 1 aliphatic rings. The molecule has 106 valence electrons. The topological polar surface area (TPSA) is 84.1 Å². The maximum Gasteiger partial charge on any atom is 0.222 e. The summed E-state index contributed by atoms with van der Waals surface area (Å²) < 4.78 is 0. The number of nitrogens with zero attached hydrogens (tertiary/aromatic N) is 2.